The van der Waals surface area contributed by atoms with Crippen LogP contribution in [-0.2, 0) is 20.9 Å². The molecular weight excluding hydrogens is 410 g/mol. The number of ether oxygens (including phenoxy) is 1. The van der Waals surface area contributed by atoms with E-state index < -0.39 is 5.92 Å². The monoisotopic (exact) mass is 437 g/mol. The first-order valence-electron chi connectivity index (χ1n) is 10.7. The molecule has 1 saturated carbocycles. The lowest BCUT2D eigenvalue weighted by Crippen LogP contribution is -2.27. The van der Waals surface area contributed by atoms with Gasteiger partial charge in [-0.2, -0.15) is 0 Å². The molecule has 1 atom stereocenters. The van der Waals surface area contributed by atoms with E-state index in [9.17, 15) is 9.59 Å². The van der Waals surface area contributed by atoms with Crippen LogP contribution in [0.5, 0.6) is 0 Å². The van der Waals surface area contributed by atoms with E-state index in [0.29, 0.717) is 0 Å². The van der Waals surface area contributed by atoms with Crippen LogP contribution in [0, 0.1) is 5.92 Å². The van der Waals surface area contributed by atoms with Gasteiger partial charge in [0.25, 0.3) is 0 Å². The maximum Gasteiger partial charge on any atom is 0.309 e. The normalized spacial score (nSPS) is 15.5. The van der Waals surface area contributed by atoms with Crippen LogP contribution in [0.15, 0.2) is 48.8 Å². The smallest absolute Gasteiger partial charge is 0.309 e. The van der Waals surface area contributed by atoms with Crippen molar-refractivity contribution in [3.8, 4) is 0 Å². The summed E-state index contributed by atoms with van der Waals surface area (Å²) in [4.78, 5) is 29.2. The highest BCUT2D eigenvalue weighted by Gasteiger charge is 2.23. The third kappa shape index (κ3) is 5.29. The molecule has 1 amide bonds. The van der Waals surface area contributed by atoms with Crippen LogP contribution in [0.4, 0.5) is 5.00 Å². The van der Waals surface area contributed by atoms with Crippen LogP contribution in [0.25, 0.3) is 10.1 Å². The van der Waals surface area contributed by atoms with Crippen LogP contribution in [0.2, 0.25) is 0 Å². The van der Waals surface area contributed by atoms with Crippen molar-refractivity contribution in [1.29, 1.82) is 0 Å². The minimum Gasteiger partial charge on any atom is -0.461 e. The molecule has 1 aliphatic rings. The highest BCUT2D eigenvalue weighted by molar-refractivity contribution is 7.22. The first-order chi connectivity index (χ1) is 15.1. The molecule has 0 bridgehead atoms. The number of carbonyl (C=O) groups is 2. The van der Waals surface area contributed by atoms with Crippen molar-refractivity contribution in [3.63, 3.8) is 0 Å². The summed E-state index contributed by atoms with van der Waals surface area (Å²) in [7, 11) is 0. The molecule has 2 heterocycles. The third-order valence-electron chi connectivity index (χ3n) is 5.82. The minimum absolute atomic E-state index is 0.0445. The summed E-state index contributed by atoms with van der Waals surface area (Å²) in [5.41, 5.74) is 7.66. The van der Waals surface area contributed by atoms with Gasteiger partial charge in [0.15, 0.2) is 0 Å². The number of fused-ring (bicyclic) bond motifs is 1. The number of nitrogens with one attached hydrogen (secondary N) is 1. The van der Waals surface area contributed by atoms with Crippen LogP contribution in [0.1, 0.15) is 49.1 Å². The zero-order valence-corrected chi connectivity index (χ0v) is 18.2. The van der Waals surface area contributed by atoms with Crippen molar-refractivity contribution in [3.05, 3.63) is 59.9 Å². The number of nitrogens with zero attached hydrogens (tertiary/aromatic N) is 1. The Bertz CT molecular complexity index is 1010. The van der Waals surface area contributed by atoms with Crippen LogP contribution >= 0.6 is 11.3 Å². The number of nitrogens with two attached hydrogens (primary N) is 1. The van der Waals surface area contributed by atoms with Gasteiger partial charge in [0.1, 0.15) is 6.61 Å². The summed E-state index contributed by atoms with van der Waals surface area (Å²) in [6.45, 7) is 0.458. The molecule has 2 aromatic heterocycles. The highest BCUT2D eigenvalue weighted by atomic mass is 32.1. The van der Waals surface area contributed by atoms with E-state index in [1.165, 1.54) is 17.8 Å². The van der Waals surface area contributed by atoms with Crippen molar-refractivity contribution >= 4 is 38.3 Å². The molecule has 7 heteroatoms. The van der Waals surface area contributed by atoms with Crippen molar-refractivity contribution in [2.75, 3.05) is 11.9 Å². The molecule has 0 saturated heterocycles. The number of carbonyl (C=O) groups excluding carboxylic acids is 2. The molecule has 0 aliphatic heterocycles. The Morgan fingerprint density at radius 2 is 1.94 bits per heavy atom. The molecule has 1 aliphatic carbocycles. The molecule has 31 heavy (non-hydrogen) atoms. The summed E-state index contributed by atoms with van der Waals surface area (Å²) in [5, 5.41) is 4.80. The second kappa shape index (κ2) is 10.0. The second-order valence-corrected chi connectivity index (χ2v) is 9.07. The molecule has 1 aromatic carbocycles. The molecule has 0 radical (unpaired) electrons. The van der Waals surface area contributed by atoms with Crippen LogP contribution in [-0.4, -0.2) is 23.4 Å². The van der Waals surface area contributed by atoms with Gasteiger partial charge >= 0.3 is 5.97 Å². The van der Waals surface area contributed by atoms with Crippen molar-refractivity contribution in [1.82, 2.24) is 4.98 Å². The predicted octanol–water partition coefficient (Wildman–Crippen LogP) is 4.60. The number of thiophene rings is 1. The van der Waals surface area contributed by atoms with Crippen LogP contribution in [0.3, 0.4) is 0 Å². The lowest BCUT2D eigenvalue weighted by Gasteiger charge is -2.20. The third-order valence-corrected chi connectivity index (χ3v) is 6.82. The summed E-state index contributed by atoms with van der Waals surface area (Å²) >= 11 is 1.49. The molecular formula is C24H27N3O3S. The van der Waals surface area contributed by atoms with Crippen LogP contribution < -0.4 is 11.1 Å². The van der Waals surface area contributed by atoms with Gasteiger partial charge in [0, 0.05) is 18.9 Å². The number of benzene rings is 1. The largest absolute Gasteiger partial charge is 0.461 e. The fourth-order valence-corrected chi connectivity index (χ4v) is 4.94. The highest BCUT2D eigenvalue weighted by Crippen LogP contribution is 2.30. The van der Waals surface area contributed by atoms with E-state index in [-0.39, 0.29) is 30.9 Å². The zero-order valence-electron chi connectivity index (χ0n) is 17.4. The molecule has 3 N–H and O–H groups in total. The number of rotatable bonds is 7. The second-order valence-electron chi connectivity index (χ2n) is 7.99. The summed E-state index contributed by atoms with van der Waals surface area (Å²) in [5.74, 6) is -0.648. The Kier molecular flexibility index (Phi) is 6.94. The molecule has 4 rings (SSSR count). The maximum atomic E-state index is 12.8. The average Bonchev–Trinajstić information content (AvgIpc) is 3.21. The SMILES string of the molecule is NC[C@@H](C(=O)Nc1cc2ccncc2s1)c1ccc(COC(=O)C2CCCCC2)cc1. The molecule has 0 spiro atoms. The number of amides is 1. The zero-order chi connectivity index (χ0) is 21.6. The maximum absolute atomic E-state index is 12.8. The van der Waals surface area contributed by atoms with E-state index in [1.54, 1.807) is 12.4 Å². The van der Waals surface area contributed by atoms with E-state index >= 15 is 0 Å². The summed E-state index contributed by atoms with van der Waals surface area (Å²) in [6.07, 6.45) is 8.81. The van der Waals surface area contributed by atoms with Crippen molar-refractivity contribution in [2.45, 2.75) is 44.6 Å². The Labute approximate surface area is 185 Å². The average molecular weight is 438 g/mol. The molecule has 1 fully saturated rings. The lowest BCUT2D eigenvalue weighted by molar-refractivity contribution is -0.151. The predicted molar refractivity (Wildman–Crippen MR) is 123 cm³/mol. The fraction of sp³-hybridized carbons (Fsp3) is 0.375. The van der Waals surface area contributed by atoms with Gasteiger partial charge in [-0.1, -0.05) is 43.5 Å². The lowest BCUT2D eigenvalue weighted by atomic mass is 9.89. The van der Waals surface area contributed by atoms with Gasteiger partial charge in [-0.15, -0.1) is 11.3 Å². The van der Waals surface area contributed by atoms with Gasteiger partial charge in [0.2, 0.25) is 5.91 Å². The standard InChI is InChI=1S/C24H27N3O3S/c25-13-20(23(28)27-22-12-19-10-11-26-14-21(19)31-22)17-8-6-16(7-9-17)15-30-24(29)18-4-2-1-3-5-18/h6-12,14,18,20H,1-5,13,15,25H2,(H,27,28)/t20-/m1/s1. The van der Waals surface area contributed by atoms with Gasteiger partial charge in [-0.3, -0.25) is 14.6 Å². The van der Waals surface area contributed by atoms with E-state index in [4.69, 9.17) is 10.5 Å². The van der Waals surface area contributed by atoms with Gasteiger partial charge in [0.05, 0.1) is 21.5 Å². The summed E-state index contributed by atoms with van der Waals surface area (Å²) < 4.78 is 6.53. The topological polar surface area (TPSA) is 94.3 Å². The van der Waals surface area contributed by atoms with Gasteiger partial charge in [-0.25, -0.2) is 0 Å². The fourth-order valence-electron chi connectivity index (χ4n) is 4.01. The van der Waals surface area contributed by atoms with Crippen molar-refractivity contribution in [2.24, 2.45) is 11.7 Å². The number of esters is 1. The Balaban J connectivity index is 1.35. The quantitative estimate of drug-likeness (QED) is 0.527. The molecule has 0 unspecified atom stereocenters. The van der Waals surface area contributed by atoms with E-state index in [2.05, 4.69) is 10.3 Å². The number of hydrogen-bond acceptors (Lipinski definition) is 6. The number of aromatic nitrogens is 1. The molecule has 3 aromatic rings. The number of hydrogen-bond donors (Lipinski definition) is 2. The Morgan fingerprint density at radius 3 is 2.65 bits per heavy atom. The van der Waals surface area contributed by atoms with E-state index in [1.807, 2.05) is 36.4 Å². The molecule has 6 nitrogen and oxygen atoms in total. The Morgan fingerprint density at radius 1 is 1.16 bits per heavy atom. The summed E-state index contributed by atoms with van der Waals surface area (Å²) in [6, 6.07) is 11.4. The van der Waals surface area contributed by atoms with Crippen molar-refractivity contribution < 1.29 is 14.3 Å². The first-order valence-corrected chi connectivity index (χ1v) is 11.6. The first kappa shape index (κ1) is 21.5. The van der Waals surface area contributed by atoms with E-state index in [0.717, 1.165) is 51.9 Å². The van der Waals surface area contributed by atoms with Gasteiger partial charge < -0.3 is 15.8 Å². The minimum atomic E-state index is -0.456. The van der Waals surface area contributed by atoms with Gasteiger partial charge in [-0.05, 0) is 41.5 Å². The number of pyridine rings is 1. The Hall–Kier alpha value is -2.77. The molecule has 162 valence electrons. The number of anilines is 1.